The number of hydrogen-bond acceptors (Lipinski definition) is 4. The van der Waals surface area contributed by atoms with Gasteiger partial charge in [-0.05, 0) is 48.0 Å². The molecule has 2 aromatic heterocycles. The summed E-state index contributed by atoms with van der Waals surface area (Å²) < 4.78 is 40.3. The molecule has 25 heavy (non-hydrogen) atoms. The quantitative estimate of drug-likeness (QED) is 0.739. The van der Waals surface area contributed by atoms with E-state index in [0.717, 1.165) is 23.3 Å². The lowest BCUT2D eigenvalue weighted by Crippen LogP contribution is -2.23. The van der Waals surface area contributed by atoms with Gasteiger partial charge in [-0.3, -0.25) is 9.97 Å². The lowest BCUT2D eigenvalue weighted by molar-refractivity contribution is 0.580. The third-order valence-electron chi connectivity index (χ3n) is 3.47. The number of aromatic nitrogens is 2. The number of hydrogen-bond donors (Lipinski definition) is 1. The molecular weight excluding hydrogens is 365 g/mol. The molecule has 0 aliphatic carbocycles. The van der Waals surface area contributed by atoms with E-state index in [0.29, 0.717) is 5.69 Å². The van der Waals surface area contributed by atoms with Crippen LogP contribution in [-0.2, 0) is 16.6 Å². The summed E-state index contributed by atoms with van der Waals surface area (Å²) in [5.41, 5.74) is 2.33. The Morgan fingerprint density at radius 3 is 2.52 bits per heavy atom. The van der Waals surface area contributed by atoms with Crippen LogP contribution in [0.15, 0.2) is 66.0 Å². The molecule has 5 nitrogen and oxygen atoms in total. The molecule has 0 saturated carbocycles. The highest BCUT2D eigenvalue weighted by Gasteiger charge is 2.15. The third-order valence-corrected chi connectivity index (χ3v) is 5.16. The van der Waals surface area contributed by atoms with Crippen LogP contribution in [-0.4, -0.2) is 18.4 Å². The fourth-order valence-electron chi connectivity index (χ4n) is 2.17. The van der Waals surface area contributed by atoms with Crippen LogP contribution >= 0.6 is 11.6 Å². The summed E-state index contributed by atoms with van der Waals surface area (Å²) >= 11 is 5.65. The highest BCUT2D eigenvalue weighted by molar-refractivity contribution is 7.89. The lowest BCUT2D eigenvalue weighted by Gasteiger charge is -2.08. The second-order valence-corrected chi connectivity index (χ2v) is 7.36. The minimum atomic E-state index is -3.81. The highest BCUT2D eigenvalue weighted by Crippen LogP contribution is 2.20. The topological polar surface area (TPSA) is 72.0 Å². The van der Waals surface area contributed by atoms with Crippen LogP contribution in [0.3, 0.4) is 0 Å². The monoisotopic (exact) mass is 377 g/mol. The summed E-state index contributed by atoms with van der Waals surface area (Å²) in [6.07, 6.45) is 4.92. The largest absolute Gasteiger partial charge is 0.265 e. The predicted octanol–water partition coefficient (Wildman–Crippen LogP) is 3.41. The van der Waals surface area contributed by atoms with Crippen LogP contribution in [0.25, 0.3) is 11.3 Å². The van der Waals surface area contributed by atoms with Crippen molar-refractivity contribution in [1.82, 2.24) is 14.7 Å². The lowest BCUT2D eigenvalue weighted by atomic mass is 10.1. The zero-order chi connectivity index (χ0) is 17.9. The Hall–Kier alpha value is -2.35. The van der Waals surface area contributed by atoms with Crippen molar-refractivity contribution in [3.05, 3.63) is 77.5 Å². The van der Waals surface area contributed by atoms with Gasteiger partial charge in [0.1, 0.15) is 5.82 Å². The molecule has 0 bridgehead atoms. The van der Waals surface area contributed by atoms with E-state index in [1.165, 1.54) is 6.07 Å². The van der Waals surface area contributed by atoms with Crippen molar-refractivity contribution in [3.63, 3.8) is 0 Å². The fraction of sp³-hybridized carbons (Fsp3) is 0.0588. The Morgan fingerprint density at radius 1 is 1.04 bits per heavy atom. The summed E-state index contributed by atoms with van der Waals surface area (Å²) in [6.45, 7) is 0.0674. The van der Waals surface area contributed by atoms with Crippen LogP contribution in [0, 0.1) is 5.82 Å². The van der Waals surface area contributed by atoms with Crippen molar-refractivity contribution in [3.8, 4) is 11.3 Å². The van der Waals surface area contributed by atoms with Gasteiger partial charge in [0.25, 0.3) is 0 Å². The number of halogens is 2. The normalized spacial score (nSPS) is 11.4. The standard InChI is InChI=1S/C17H13ClFN3O2S/c18-15-10-14(1-2-16(15)19)25(23,24)22-11-12-3-8-21-17(9-12)13-4-6-20-7-5-13/h1-10,22H,11H2. The highest BCUT2D eigenvalue weighted by atomic mass is 35.5. The molecule has 8 heteroatoms. The van der Waals surface area contributed by atoms with E-state index in [1.807, 2.05) is 12.1 Å². The van der Waals surface area contributed by atoms with Crippen LogP contribution in [0.5, 0.6) is 0 Å². The van der Waals surface area contributed by atoms with E-state index in [1.54, 1.807) is 30.7 Å². The van der Waals surface area contributed by atoms with Crippen molar-refractivity contribution < 1.29 is 12.8 Å². The Morgan fingerprint density at radius 2 is 1.80 bits per heavy atom. The average molecular weight is 378 g/mol. The predicted molar refractivity (Wildman–Crippen MR) is 92.9 cm³/mol. The third kappa shape index (κ3) is 4.19. The number of sulfonamides is 1. The first-order valence-electron chi connectivity index (χ1n) is 7.26. The van der Waals surface area contributed by atoms with Crippen molar-refractivity contribution in [2.45, 2.75) is 11.4 Å². The fourth-order valence-corrected chi connectivity index (χ4v) is 3.46. The van der Waals surface area contributed by atoms with E-state index < -0.39 is 15.8 Å². The minimum Gasteiger partial charge on any atom is -0.265 e. The minimum absolute atomic E-state index is 0.0674. The Balaban J connectivity index is 1.78. The SMILES string of the molecule is O=S(=O)(NCc1ccnc(-c2ccncc2)c1)c1ccc(F)c(Cl)c1. The van der Waals surface area contributed by atoms with Crippen molar-refractivity contribution in [2.24, 2.45) is 0 Å². The first-order valence-corrected chi connectivity index (χ1v) is 9.12. The van der Waals surface area contributed by atoms with E-state index in [9.17, 15) is 12.8 Å². The molecule has 0 aliphatic heterocycles. The molecule has 0 unspecified atom stereocenters. The summed E-state index contributed by atoms with van der Waals surface area (Å²) in [6, 6.07) is 10.4. The number of rotatable bonds is 5. The van der Waals surface area contributed by atoms with Gasteiger partial charge in [-0.2, -0.15) is 0 Å². The molecule has 3 aromatic rings. The van der Waals surface area contributed by atoms with Gasteiger partial charge in [-0.25, -0.2) is 17.5 Å². The van der Waals surface area contributed by atoms with Gasteiger partial charge >= 0.3 is 0 Å². The maximum Gasteiger partial charge on any atom is 0.240 e. The van der Waals surface area contributed by atoms with Gasteiger partial charge in [-0.1, -0.05) is 11.6 Å². The molecule has 3 rings (SSSR count). The summed E-state index contributed by atoms with van der Waals surface area (Å²) in [5, 5.41) is -0.244. The van der Waals surface area contributed by atoms with E-state index in [2.05, 4.69) is 14.7 Å². The Kier molecular flexibility index (Phi) is 5.08. The summed E-state index contributed by atoms with van der Waals surface area (Å²) in [5.74, 6) is -0.670. The van der Waals surface area contributed by atoms with Gasteiger partial charge in [0.05, 0.1) is 15.6 Å². The Bertz CT molecular complexity index is 998. The molecule has 1 aromatic carbocycles. The second kappa shape index (κ2) is 7.26. The molecule has 0 spiro atoms. The second-order valence-electron chi connectivity index (χ2n) is 5.19. The van der Waals surface area contributed by atoms with Crippen molar-refractivity contribution >= 4 is 21.6 Å². The molecule has 0 fully saturated rings. The van der Waals surface area contributed by atoms with Gasteiger partial charge in [0.2, 0.25) is 10.0 Å². The van der Waals surface area contributed by atoms with Crippen LogP contribution in [0.1, 0.15) is 5.56 Å². The van der Waals surface area contributed by atoms with Gasteiger partial charge in [0.15, 0.2) is 0 Å². The molecule has 0 aliphatic rings. The summed E-state index contributed by atoms with van der Waals surface area (Å²) in [4.78, 5) is 8.13. The van der Waals surface area contributed by atoms with E-state index >= 15 is 0 Å². The van der Waals surface area contributed by atoms with E-state index in [4.69, 9.17) is 11.6 Å². The number of nitrogens with one attached hydrogen (secondary N) is 1. The van der Waals surface area contributed by atoms with E-state index in [-0.39, 0.29) is 16.5 Å². The first-order chi connectivity index (χ1) is 12.0. The molecule has 128 valence electrons. The summed E-state index contributed by atoms with van der Waals surface area (Å²) in [7, 11) is -3.81. The molecule has 0 radical (unpaired) electrons. The number of benzene rings is 1. The van der Waals surface area contributed by atoms with Gasteiger partial charge in [0, 0.05) is 30.7 Å². The average Bonchev–Trinajstić information content (AvgIpc) is 2.63. The Labute approximate surface area is 149 Å². The first kappa shape index (κ1) is 17.5. The van der Waals surface area contributed by atoms with Crippen LogP contribution in [0.4, 0.5) is 4.39 Å². The van der Waals surface area contributed by atoms with Gasteiger partial charge in [-0.15, -0.1) is 0 Å². The number of nitrogens with zero attached hydrogens (tertiary/aromatic N) is 2. The molecule has 1 N–H and O–H groups in total. The molecule has 2 heterocycles. The maximum absolute atomic E-state index is 13.2. The number of pyridine rings is 2. The zero-order valence-corrected chi connectivity index (χ0v) is 14.4. The van der Waals surface area contributed by atoms with Crippen LogP contribution < -0.4 is 4.72 Å². The molecule has 0 amide bonds. The maximum atomic E-state index is 13.2. The van der Waals surface area contributed by atoms with Crippen molar-refractivity contribution in [2.75, 3.05) is 0 Å². The zero-order valence-electron chi connectivity index (χ0n) is 12.9. The van der Waals surface area contributed by atoms with Gasteiger partial charge < -0.3 is 0 Å². The molecular formula is C17H13ClFN3O2S. The molecule has 0 atom stereocenters. The smallest absolute Gasteiger partial charge is 0.240 e. The van der Waals surface area contributed by atoms with Crippen LogP contribution in [0.2, 0.25) is 5.02 Å². The molecule has 0 saturated heterocycles. The van der Waals surface area contributed by atoms with Crippen molar-refractivity contribution in [1.29, 1.82) is 0 Å².